The molecule has 1 fully saturated rings. The number of carboxylic acids is 1. The van der Waals surface area contributed by atoms with Crippen molar-refractivity contribution < 1.29 is 55.0 Å². The number of aromatic nitrogens is 1. The van der Waals surface area contributed by atoms with E-state index in [9.17, 15) is 45.4 Å². The second-order valence-corrected chi connectivity index (χ2v) is 12.9. The first-order valence-electron chi connectivity index (χ1n) is 15.6. The Hall–Kier alpha value is -4.21. The minimum absolute atomic E-state index is 0.0113. The summed E-state index contributed by atoms with van der Waals surface area (Å²) in [6, 6.07) is 4.18. The molecule has 2 aromatic heterocycles. The first-order chi connectivity index (χ1) is 23.1. The van der Waals surface area contributed by atoms with Gasteiger partial charge in [-0.25, -0.2) is 4.39 Å². The highest BCUT2D eigenvalue weighted by atomic mass is 32.1. The van der Waals surface area contributed by atoms with Crippen LogP contribution in [0, 0.1) is 5.82 Å². The maximum absolute atomic E-state index is 15.1. The van der Waals surface area contributed by atoms with Crippen LogP contribution in [0.1, 0.15) is 83.5 Å². The number of thiophene rings is 1. The second kappa shape index (κ2) is 14.0. The van der Waals surface area contributed by atoms with E-state index in [0.717, 1.165) is 28.6 Å². The molecule has 0 aliphatic carbocycles. The SMILES string of the molecule is CCCC1N(C(=O)c2ncccc2C(F)(F)F)CCCC1(Oc1csc(C(F)(F)F)c1)C(=O)N1CCc2cc(F)ccc2C1CCC(=O)O. The average molecular weight is 716 g/mol. The van der Waals surface area contributed by atoms with E-state index < -0.39 is 69.8 Å². The van der Waals surface area contributed by atoms with Crippen LogP contribution in [0.4, 0.5) is 30.7 Å². The molecule has 2 amide bonds. The molecule has 264 valence electrons. The Kier molecular flexibility index (Phi) is 10.3. The smallest absolute Gasteiger partial charge is 0.425 e. The summed E-state index contributed by atoms with van der Waals surface area (Å²) in [7, 11) is 0. The Balaban J connectivity index is 1.65. The standard InChI is InChI=1S/C33H32F7N3O5S/c1-2-5-25-31(48-21-17-26(49-18-21)33(38,39)40,12-4-14-43(25)29(46)28-23(32(35,36)37)6-3-13-41-28)30(47)42-15-11-19-16-20(34)7-8-22(19)24(42)9-10-27(44)45/h3,6-8,13,16-18,24-25H,2,4-5,9-12,14-15H2,1H3,(H,44,45). The third-order valence-corrected chi connectivity index (χ3v) is 9.83. The highest BCUT2D eigenvalue weighted by molar-refractivity contribution is 7.10. The molecule has 1 aromatic carbocycles. The summed E-state index contributed by atoms with van der Waals surface area (Å²) >= 11 is 0.327. The van der Waals surface area contributed by atoms with Crippen LogP contribution in [-0.2, 0) is 28.4 Å². The van der Waals surface area contributed by atoms with Gasteiger partial charge in [0.25, 0.3) is 11.8 Å². The van der Waals surface area contributed by atoms with Crippen molar-refractivity contribution in [3.05, 3.63) is 81.1 Å². The van der Waals surface area contributed by atoms with Crippen LogP contribution in [-0.4, -0.2) is 62.4 Å². The quantitative estimate of drug-likeness (QED) is 0.230. The number of fused-ring (bicyclic) bond motifs is 1. The molecule has 0 bridgehead atoms. The van der Waals surface area contributed by atoms with Crippen LogP contribution in [0.5, 0.6) is 5.75 Å². The number of amides is 2. The average Bonchev–Trinajstić information content (AvgIpc) is 3.52. The molecule has 16 heteroatoms. The Morgan fingerprint density at radius 3 is 2.45 bits per heavy atom. The number of likely N-dealkylation sites (tertiary alicyclic amines) is 1. The number of carboxylic acid groups (broad SMARTS) is 1. The molecule has 2 aliphatic heterocycles. The summed E-state index contributed by atoms with van der Waals surface area (Å²) in [4.78, 5) is 45.9. The van der Waals surface area contributed by atoms with Crippen molar-refractivity contribution in [1.82, 2.24) is 14.8 Å². The van der Waals surface area contributed by atoms with Gasteiger partial charge in [-0.15, -0.1) is 11.3 Å². The summed E-state index contributed by atoms with van der Waals surface area (Å²) in [6.45, 7) is 1.56. The van der Waals surface area contributed by atoms with E-state index in [1.165, 1.54) is 23.1 Å². The zero-order valence-corrected chi connectivity index (χ0v) is 26.9. The van der Waals surface area contributed by atoms with E-state index in [-0.39, 0.29) is 57.4 Å². The van der Waals surface area contributed by atoms with Crippen LogP contribution in [0.3, 0.4) is 0 Å². The predicted molar refractivity (Wildman–Crippen MR) is 162 cm³/mol. The minimum atomic E-state index is -4.94. The number of rotatable bonds is 9. The van der Waals surface area contributed by atoms with E-state index >= 15 is 4.79 Å². The van der Waals surface area contributed by atoms with Gasteiger partial charge in [0.1, 0.15) is 22.1 Å². The fourth-order valence-electron chi connectivity index (χ4n) is 6.81. The first-order valence-corrected chi connectivity index (χ1v) is 16.4. The molecule has 4 heterocycles. The molecule has 0 saturated carbocycles. The van der Waals surface area contributed by atoms with Gasteiger partial charge in [0, 0.05) is 43.6 Å². The molecule has 0 spiro atoms. The summed E-state index contributed by atoms with van der Waals surface area (Å²) in [6.07, 6.45) is -8.77. The van der Waals surface area contributed by atoms with Crippen molar-refractivity contribution in [2.45, 2.75) is 81.9 Å². The summed E-state index contributed by atoms with van der Waals surface area (Å²) in [5, 5.41) is 10.6. The second-order valence-electron chi connectivity index (χ2n) is 12.0. The number of hydrogen-bond acceptors (Lipinski definition) is 6. The highest BCUT2D eigenvalue weighted by Crippen LogP contribution is 2.45. The molecular formula is C33H32F7N3O5S. The molecule has 3 unspecified atom stereocenters. The lowest BCUT2D eigenvalue weighted by Gasteiger charge is -2.51. The number of nitrogens with zero attached hydrogens (tertiary/aromatic N) is 3. The van der Waals surface area contributed by atoms with Gasteiger partial charge in [0.15, 0.2) is 0 Å². The van der Waals surface area contributed by atoms with Crippen molar-refractivity contribution in [3.8, 4) is 5.75 Å². The molecular weight excluding hydrogens is 683 g/mol. The maximum atomic E-state index is 15.1. The summed E-state index contributed by atoms with van der Waals surface area (Å²) < 4.78 is 103. The van der Waals surface area contributed by atoms with Gasteiger partial charge in [-0.05, 0) is 61.1 Å². The fraction of sp³-hybridized carbons (Fsp3) is 0.455. The number of ether oxygens (including phenoxy) is 1. The third kappa shape index (κ3) is 7.38. The Labute approximate surface area is 280 Å². The zero-order chi connectivity index (χ0) is 35.7. The lowest BCUT2D eigenvalue weighted by Crippen LogP contribution is -2.68. The number of benzene rings is 1. The van der Waals surface area contributed by atoms with E-state index in [0.29, 0.717) is 35.0 Å². The van der Waals surface area contributed by atoms with E-state index in [1.54, 1.807) is 6.92 Å². The number of hydrogen-bond donors (Lipinski definition) is 1. The lowest BCUT2D eigenvalue weighted by atomic mass is 9.78. The van der Waals surface area contributed by atoms with Crippen LogP contribution < -0.4 is 4.74 Å². The number of halogens is 7. The largest absolute Gasteiger partial charge is 0.481 e. The van der Waals surface area contributed by atoms with Crippen molar-refractivity contribution in [1.29, 1.82) is 0 Å². The number of carbonyl (C=O) groups is 3. The van der Waals surface area contributed by atoms with Gasteiger partial charge < -0.3 is 19.6 Å². The van der Waals surface area contributed by atoms with Crippen molar-refractivity contribution in [2.24, 2.45) is 0 Å². The Morgan fingerprint density at radius 1 is 1.04 bits per heavy atom. The summed E-state index contributed by atoms with van der Waals surface area (Å²) in [5.41, 5.74) is -3.27. The molecule has 0 radical (unpaired) electrons. The first kappa shape index (κ1) is 36.1. The molecule has 49 heavy (non-hydrogen) atoms. The fourth-order valence-corrected chi connectivity index (χ4v) is 7.49. The number of carbonyl (C=O) groups excluding carboxylic acids is 2. The van der Waals surface area contributed by atoms with Gasteiger partial charge in [-0.2, -0.15) is 26.3 Å². The van der Waals surface area contributed by atoms with Gasteiger partial charge in [0.05, 0.1) is 17.6 Å². The van der Waals surface area contributed by atoms with Gasteiger partial charge in [-0.3, -0.25) is 19.4 Å². The van der Waals surface area contributed by atoms with Gasteiger partial charge in [-0.1, -0.05) is 19.4 Å². The van der Waals surface area contributed by atoms with Crippen molar-refractivity contribution >= 4 is 29.1 Å². The van der Waals surface area contributed by atoms with Gasteiger partial charge in [0.2, 0.25) is 5.60 Å². The Bertz CT molecular complexity index is 1710. The Morgan fingerprint density at radius 2 is 1.80 bits per heavy atom. The van der Waals surface area contributed by atoms with Crippen LogP contribution in [0.15, 0.2) is 48.0 Å². The van der Waals surface area contributed by atoms with E-state index in [1.807, 2.05) is 0 Å². The molecule has 3 aromatic rings. The van der Waals surface area contributed by atoms with Gasteiger partial charge >= 0.3 is 18.3 Å². The number of piperidine rings is 1. The minimum Gasteiger partial charge on any atom is -0.481 e. The summed E-state index contributed by atoms with van der Waals surface area (Å²) in [5.74, 6) is -3.93. The highest BCUT2D eigenvalue weighted by Gasteiger charge is 2.57. The predicted octanol–water partition coefficient (Wildman–Crippen LogP) is 7.53. The maximum Gasteiger partial charge on any atom is 0.425 e. The number of pyridine rings is 1. The zero-order valence-electron chi connectivity index (χ0n) is 26.1. The topological polar surface area (TPSA) is 100 Å². The monoisotopic (exact) mass is 715 g/mol. The normalized spacial score (nSPS) is 21.3. The molecule has 1 N–H and O–H groups in total. The molecule has 3 atom stereocenters. The van der Waals surface area contributed by atoms with E-state index in [4.69, 9.17) is 4.74 Å². The van der Waals surface area contributed by atoms with Crippen molar-refractivity contribution in [2.75, 3.05) is 13.1 Å². The van der Waals surface area contributed by atoms with Crippen LogP contribution >= 0.6 is 11.3 Å². The van der Waals surface area contributed by atoms with Crippen molar-refractivity contribution in [3.63, 3.8) is 0 Å². The number of aliphatic carboxylic acids is 1. The molecule has 8 nitrogen and oxygen atoms in total. The van der Waals surface area contributed by atoms with Crippen LogP contribution in [0.2, 0.25) is 0 Å². The lowest BCUT2D eigenvalue weighted by molar-refractivity contribution is -0.163. The molecule has 2 aliphatic rings. The number of alkyl halides is 6. The molecule has 5 rings (SSSR count). The van der Waals surface area contributed by atoms with Crippen LogP contribution in [0.25, 0.3) is 0 Å². The third-order valence-electron chi connectivity index (χ3n) is 8.87. The molecule has 1 saturated heterocycles. The van der Waals surface area contributed by atoms with E-state index in [2.05, 4.69) is 4.98 Å².